The number of nitrogens with one attached hydrogen (secondary N) is 1. The van der Waals surface area contributed by atoms with Gasteiger partial charge >= 0.3 is 0 Å². The fourth-order valence-corrected chi connectivity index (χ4v) is 3.94. The average Bonchev–Trinajstić information content (AvgIpc) is 3.18. The van der Waals surface area contributed by atoms with Crippen LogP contribution < -0.4 is 10.4 Å². The lowest BCUT2D eigenvalue weighted by molar-refractivity contribution is 0.719. The predicted octanol–water partition coefficient (Wildman–Crippen LogP) is 6.82. The number of hydrazine groups is 1. The van der Waals surface area contributed by atoms with E-state index in [0.717, 1.165) is 4.47 Å². The molecule has 0 saturated heterocycles. The van der Waals surface area contributed by atoms with Crippen LogP contribution in [0, 0.1) is 0 Å². The van der Waals surface area contributed by atoms with Crippen LogP contribution in [-0.2, 0) is 0 Å². The minimum absolute atomic E-state index is 0.151. The van der Waals surface area contributed by atoms with Crippen molar-refractivity contribution < 1.29 is 0 Å². The molecule has 1 atom stereocenters. The molecule has 0 fully saturated rings. The van der Waals surface area contributed by atoms with Crippen LogP contribution in [0.3, 0.4) is 0 Å². The molecule has 0 spiro atoms. The molecule has 3 aromatic carbocycles. The fraction of sp³-hybridized carbons (Fsp3) is 0.167. The summed E-state index contributed by atoms with van der Waals surface area (Å²) in [4.78, 5) is 0. The molecule has 0 aliphatic carbocycles. The second-order valence-electron chi connectivity index (χ2n) is 7.15. The van der Waals surface area contributed by atoms with Crippen molar-refractivity contribution in [2.75, 3.05) is 5.01 Å². The Labute approximate surface area is 169 Å². The molecule has 27 heavy (non-hydrogen) atoms. The van der Waals surface area contributed by atoms with Gasteiger partial charge in [0.05, 0.1) is 11.7 Å². The van der Waals surface area contributed by atoms with Gasteiger partial charge in [0.2, 0.25) is 0 Å². The van der Waals surface area contributed by atoms with E-state index >= 15 is 0 Å². The van der Waals surface area contributed by atoms with Gasteiger partial charge in [-0.25, -0.2) is 0 Å². The molecule has 1 heterocycles. The molecule has 3 heteroatoms. The first kappa shape index (κ1) is 17.9. The molecule has 0 amide bonds. The Hall–Kier alpha value is -2.52. The van der Waals surface area contributed by atoms with Crippen LogP contribution in [0.4, 0.5) is 5.69 Å². The molecule has 1 aliphatic heterocycles. The smallest absolute Gasteiger partial charge is 0.0952 e. The van der Waals surface area contributed by atoms with E-state index in [2.05, 4.69) is 119 Å². The molecular weight excluding hydrogens is 396 g/mol. The molecule has 136 valence electrons. The Kier molecular flexibility index (Phi) is 5.04. The van der Waals surface area contributed by atoms with Crippen LogP contribution in [0.15, 0.2) is 89.5 Å². The van der Waals surface area contributed by atoms with Crippen molar-refractivity contribution in [3.8, 4) is 11.1 Å². The van der Waals surface area contributed by atoms with Crippen LogP contribution >= 0.6 is 15.9 Å². The number of hydrogen-bond acceptors (Lipinski definition) is 2. The van der Waals surface area contributed by atoms with E-state index in [0.29, 0.717) is 5.92 Å². The first-order chi connectivity index (χ1) is 13.1. The van der Waals surface area contributed by atoms with Crippen LogP contribution in [0.1, 0.15) is 36.9 Å². The molecule has 0 aromatic heterocycles. The fourth-order valence-electron chi connectivity index (χ4n) is 3.53. The minimum atomic E-state index is 0.151. The van der Waals surface area contributed by atoms with Crippen molar-refractivity contribution in [3.63, 3.8) is 0 Å². The number of hydrogen-bond donors (Lipinski definition) is 1. The lowest BCUT2D eigenvalue weighted by Crippen LogP contribution is -2.32. The van der Waals surface area contributed by atoms with E-state index in [4.69, 9.17) is 0 Å². The third-order valence-electron chi connectivity index (χ3n) is 5.01. The molecule has 4 rings (SSSR count). The van der Waals surface area contributed by atoms with Gasteiger partial charge in [-0.3, -0.25) is 5.01 Å². The second-order valence-corrected chi connectivity index (χ2v) is 8.07. The van der Waals surface area contributed by atoms with E-state index in [-0.39, 0.29) is 6.04 Å². The molecule has 0 saturated carbocycles. The Morgan fingerprint density at radius 3 is 2.44 bits per heavy atom. The second kappa shape index (κ2) is 7.61. The summed E-state index contributed by atoms with van der Waals surface area (Å²) in [5.74, 6) is 0.541. The van der Waals surface area contributed by atoms with Crippen molar-refractivity contribution in [3.05, 3.63) is 101 Å². The molecule has 3 aromatic rings. The summed E-state index contributed by atoms with van der Waals surface area (Å²) in [6.07, 6.45) is 4.21. The number of halogens is 1. The van der Waals surface area contributed by atoms with E-state index in [9.17, 15) is 0 Å². The number of nitrogens with zero attached hydrogens (tertiary/aromatic N) is 1. The zero-order chi connectivity index (χ0) is 18.8. The first-order valence-corrected chi connectivity index (χ1v) is 10.1. The van der Waals surface area contributed by atoms with Gasteiger partial charge in [-0.05, 0) is 46.9 Å². The first-order valence-electron chi connectivity index (χ1n) is 9.30. The normalized spacial score (nSPS) is 16.0. The number of rotatable bonds is 4. The van der Waals surface area contributed by atoms with Crippen LogP contribution in [0.5, 0.6) is 0 Å². The van der Waals surface area contributed by atoms with Crippen molar-refractivity contribution in [1.29, 1.82) is 0 Å². The molecule has 0 radical (unpaired) electrons. The van der Waals surface area contributed by atoms with Crippen molar-refractivity contribution in [1.82, 2.24) is 5.43 Å². The van der Waals surface area contributed by atoms with E-state index < -0.39 is 0 Å². The maximum Gasteiger partial charge on any atom is 0.0952 e. The molecule has 0 bridgehead atoms. The third kappa shape index (κ3) is 3.65. The summed E-state index contributed by atoms with van der Waals surface area (Å²) in [7, 11) is 0. The van der Waals surface area contributed by atoms with Crippen molar-refractivity contribution in [2.45, 2.75) is 25.8 Å². The minimum Gasteiger partial charge on any atom is -0.305 e. The SMILES string of the molecule is CC(C)c1ccc(-c2ccccc2N2NC=CC2c2cccc(Br)c2)cc1. The highest BCUT2D eigenvalue weighted by Crippen LogP contribution is 2.37. The molecular formula is C24H23BrN2. The van der Waals surface area contributed by atoms with Gasteiger partial charge in [-0.1, -0.05) is 84.4 Å². The summed E-state index contributed by atoms with van der Waals surface area (Å²) < 4.78 is 1.10. The standard InChI is InChI=1S/C24H23BrN2/c1-17(2)18-10-12-19(13-11-18)22-8-3-4-9-24(22)27-23(14-15-26-27)20-6-5-7-21(25)16-20/h3-17,23,26H,1-2H3. The molecule has 1 aliphatic rings. The van der Waals surface area contributed by atoms with E-state index in [1.54, 1.807) is 0 Å². The molecule has 1 unspecified atom stereocenters. The number of anilines is 1. The Balaban J connectivity index is 1.72. The highest BCUT2D eigenvalue weighted by atomic mass is 79.9. The van der Waals surface area contributed by atoms with Crippen LogP contribution in [0.2, 0.25) is 0 Å². The predicted molar refractivity (Wildman–Crippen MR) is 118 cm³/mol. The quantitative estimate of drug-likeness (QED) is 0.499. The van der Waals surface area contributed by atoms with Crippen LogP contribution in [-0.4, -0.2) is 0 Å². The van der Waals surface area contributed by atoms with Gasteiger partial charge in [-0.15, -0.1) is 0 Å². The topological polar surface area (TPSA) is 15.3 Å². The lowest BCUT2D eigenvalue weighted by Gasteiger charge is -2.29. The summed E-state index contributed by atoms with van der Waals surface area (Å²) in [5, 5.41) is 2.23. The Morgan fingerprint density at radius 2 is 1.70 bits per heavy atom. The Bertz CT molecular complexity index is 960. The summed E-state index contributed by atoms with van der Waals surface area (Å²) in [6, 6.07) is 26.1. The average molecular weight is 419 g/mol. The van der Waals surface area contributed by atoms with Gasteiger partial charge in [0.1, 0.15) is 0 Å². The highest BCUT2D eigenvalue weighted by molar-refractivity contribution is 9.10. The van der Waals surface area contributed by atoms with E-state index in [1.165, 1.54) is 27.9 Å². The van der Waals surface area contributed by atoms with Gasteiger partial charge in [0, 0.05) is 16.2 Å². The van der Waals surface area contributed by atoms with Gasteiger partial charge in [-0.2, -0.15) is 0 Å². The lowest BCUT2D eigenvalue weighted by atomic mass is 9.97. The summed E-state index contributed by atoms with van der Waals surface area (Å²) in [6.45, 7) is 4.46. The Morgan fingerprint density at radius 1 is 0.926 bits per heavy atom. The number of benzene rings is 3. The van der Waals surface area contributed by atoms with Gasteiger partial charge in [0.25, 0.3) is 0 Å². The van der Waals surface area contributed by atoms with Crippen molar-refractivity contribution in [2.24, 2.45) is 0 Å². The highest BCUT2D eigenvalue weighted by Gasteiger charge is 2.24. The van der Waals surface area contributed by atoms with Crippen LogP contribution in [0.25, 0.3) is 11.1 Å². The van der Waals surface area contributed by atoms with Gasteiger partial charge in [0.15, 0.2) is 0 Å². The monoisotopic (exact) mass is 418 g/mol. The number of para-hydroxylation sites is 1. The largest absolute Gasteiger partial charge is 0.305 e. The molecule has 1 N–H and O–H groups in total. The zero-order valence-electron chi connectivity index (χ0n) is 15.6. The van der Waals surface area contributed by atoms with E-state index in [1.807, 2.05) is 6.20 Å². The summed E-state index contributed by atoms with van der Waals surface area (Å²) in [5.41, 5.74) is 9.66. The third-order valence-corrected chi connectivity index (χ3v) is 5.51. The zero-order valence-corrected chi connectivity index (χ0v) is 17.1. The molecule has 2 nitrogen and oxygen atoms in total. The maximum absolute atomic E-state index is 3.59. The maximum atomic E-state index is 3.59. The summed E-state index contributed by atoms with van der Waals surface area (Å²) >= 11 is 3.59. The van der Waals surface area contributed by atoms with Gasteiger partial charge < -0.3 is 5.43 Å². The van der Waals surface area contributed by atoms with Crippen molar-refractivity contribution >= 4 is 21.6 Å².